The fourth-order valence-corrected chi connectivity index (χ4v) is 3.72. The molecule has 4 nitrogen and oxygen atoms in total. The lowest BCUT2D eigenvalue weighted by molar-refractivity contribution is -0.137. The van der Waals surface area contributed by atoms with E-state index in [4.69, 9.17) is 4.98 Å². The molecule has 2 N–H and O–H groups in total. The molecule has 0 saturated heterocycles. The van der Waals surface area contributed by atoms with Gasteiger partial charge in [-0.05, 0) is 59.4 Å². The summed E-state index contributed by atoms with van der Waals surface area (Å²) in [6.45, 7) is 7.65. The smallest absolute Gasteiger partial charge is 0.304 e. The van der Waals surface area contributed by atoms with Crippen LogP contribution < -0.4 is 0 Å². The van der Waals surface area contributed by atoms with E-state index in [0.717, 1.165) is 22.1 Å². The van der Waals surface area contributed by atoms with E-state index in [1.165, 1.54) is 6.07 Å². The Kier molecular flexibility index (Phi) is 5.36. The van der Waals surface area contributed by atoms with E-state index in [1.807, 2.05) is 26.8 Å². The summed E-state index contributed by atoms with van der Waals surface area (Å²) in [5.74, 6) is -1.29. The second kappa shape index (κ2) is 7.58. The predicted molar refractivity (Wildman–Crippen MR) is 108 cm³/mol. The molecule has 1 unspecified atom stereocenters. The van der Waals surface area contributed by atoms with Crippen molar-refractivity contribution in [3.8, 4) is 16.9 Å². The van der Waals surface area contributed by atoms with Gasteiger partial charge in [0.25, 0.3) is 0 Å². The van der Waals surface area contributed by atoms with Crippen LogP contribution in [0.4, 0.5) is 4.39 Å². The third-order valence-electron chi connectivity index (χ3n) is 5.01. The SMILES string of the molecule is Cc1cc(-c2c(C(C)C)c(C(C)CC(=O)O)nc3cc(O)ccc23)ccc1F. The number of phenols is 1. The summed E-state index contributed by atoms with van der Waals surface area (Å²) in [7, 11) is 0. The van der Waals surface area contributed by atoms with Crippen LogP contribution in [0.2, 0.25) is 0 Å². The van der Waals surface area contributed by atoms with Gasteiger partial charge in [0, 0.05) is 23.1 Å². The summed E-state index contributed by atoms with van der Waals surface area (Å²) in [6.07, 6.45) is -0.0427. The Balaban J connectivity index is 2.42. The number of carbonyl (C=O) groups is 1. The Hall–Kier alpha value is -2.95. The van der Waals surface area contributed by atoms with Crippen molar-refractivity contribution in [1.82, 2.24) is 4.98 Å². The molecular formula is C23H24FNO3. The zero-order valence-corrected chi connectivity index (χ0v) is 16.5. The van der Waals surface area contributed by atoms with Gasteiger partial charge in [-0.25, -0.2) is 4.39 Å². The molecule has 1 aromatic heterocycles. The molecule has 146 valence electrons. The van der Waals surface area contributed by atoms with Gasteiger partial charge in [-0.15, -0.1) is 0 Å². The fraction of sp³-hybridized carbons (Fsp3) is 0.304. The van der Waals surface area contributed by atoms with Crippen LogP contribution in [0.3, 0.4) is 0 Å². The predicted octanol–water partition coefficient (Wildman–Crippen LogP) is 5.76. The largest absolute Gasteiger partial charge is 0.508 e. The first-order valence-corrected chi connectivity index (χ1v) is 9.33. The van der Waals surface area contributed by atoms with E-state index in [-0.39, 0.29) is 29.8 Å². The minimum Gasteiger partial charge on any atom is -0.508 e. The number of carboxylic acids is 1. The Morgan fingerprint density at radius 1 is 1.14 bits per heavy atom. The summed E-state index contributed by atoms with van der Waals surface area (Å²) in [5, 5.41) is 20.1. The first kappa shape index (κ1) is 19.8. The number of nitrogens with zero attached hydrogens (tertiary/aromatic N) is 1. The van der Waals surface area contributed by atoms with Crippen molar-refractivity contribution in [2.75, 3.05) is 0 Å². The number of carboxylic acid groups (broad SMARTS) is 1. The summed E-state index contributed by atoms with van der Waals surface area (Å²) in [5.41, 5.74) is 4.55. The molecular weight excluding hydrogens is 357 g/mol. The molecule has 1 atom stereocenters. The number of rotatable bonds is 5. The molecule has 0 bridgehead atoms. The number of fused-ring (bicyclic) bond motifs is 1. The van der Waals surface area contributed by atoms with Crippen LogP contribution >= 0.6 is 0 Å². The van der Waals surface area contributed by atoms with Crippen molar-refractivity contribution in [1.29, 1.82) is 0 Å². The van der Waals surface area contributed by atoms with Crippen LogP contribution in [0.15, 0.2) is 36.4 Å². The molecule has 3 aromatic rings. The van der Waals surface area contributed by atoms with Crippen molar-refractivity contribution in [3.63, 3.8) is 0 Å². The highest BCUT2D eigenvalue weighted by Gasteiger charge is 2.24. The molecule has 1 heterocycles. The normalized spacial score (nSPS) is 12.5. The summed E-state index contributed by atoms with van der Waals surface area (Å²) < 4.78 is 13.9. The first-order valence-electron chi connectivity index (χ1n) is 9.33. The fourth-order valence-electron chi connectivity index (χ4n) is 3.72. The number of aliphatic carboxylic acids is 1. The number of aryl methyl sites for hydroxylation is 1. The van der Waals surface area contributed by atoms with Gasteiger partial charge in [-0.3, -0.25) is 9.78 Å². The number of hydrogen-bond acceptors (Lipinski definition) is 3. The van der Waals surface area contributed by atoms with Gasteiger partial charge < -0.3 is 10.2 Å². The van der Waals surface area contributed by atoms with Crippen LogP contribution in [0.1, 0.15) is 55.8 Å². The van der Waals surface area contributed by atoms with Crippen LogP contribution in [0.25, 0.3) is 22.0 Å². The number of halogens is 1. The van der Waals surface area contributed by atoms with Gasteiger partial charge in [0.2, 0.25) is 0 Å². The topological polar surface area (TPSA) is 70.4 Å². The highest BCUT2D eigenvalue weighted by atomic mass is 19.1. The van der Waals surface area contributed by atoms with Crippen LogP contribution in [-0.4, -0.2) is 21.2 Å². The highest BCUT2D eigenvalue weighted by Crippen LogP contribution is 2.41. The number of benzene rings is 2. The average molecular weight is 381 g/mol. The Bertz CT molecular complexity index is 1060. The molecule has 0 fully saturated rings. The molecule has 0 aliphatic rings. The van der Waals surface area contributed by atoms with Gasteiger partial charge in [-0.1, -0.05) is 26.8 Å². The van der Waals surface area contributed by atoms with Crippen molar-refractivity contribution in [3.05, 3.63) is 59.0 Å². The van der Waals surface area contributed by atoms with E-state index in [9.17, 15) is 19.4 Å². The molecule has 0 aliphatic carbocycles. The molecule has 5 heteroatoms. The third-order valence-corrected chi connectivity index (χ3v) is 5.01. The number of hydrogen-bond donors (Lipinski definition) is 2. The molecule has 3 rings (SSSR count). The zero-order chi connectivity index (χ0) is 20.6. The molecule has 0 spiro atoms. The molecule has 0 saturated carbocycles. The standard InChI is InChI=1S/C23H24FNO3/c1-12(2)21-22(15-5-8-18(24)13(3)9-15)17-7-6-16(26)11-19(17)25-23(21)14(4)10-20(27)28/h5-9,11-12,14,26H,10H2,1-4H3,(H,27,28). The van der Waals surface area contributed by atoms with E-state index in [0.29, 0.717) is 16.8 Å². The Morgan fingerprint density at radius 2 is 1.86 bits per heavy atom. The van der Waals surface area contributed by atoms with Crippen molar-refractivity contribution in [2.24, 2.45) is 0 Å². The molecule has 0 aliphatic heterocycles. The molecule has 2 aromatic carbocycles. The van der Waals surface area contributed by atoms with Gasteiger partial charge in [-0.2, -0.15) is 0 Å². The van der Waals surface area contributed by atoms with Gasteiger partial charge in [0.15, 0.2) is 0 Å². The average Bonchev–Trinajstić information content (AvgIpc) is 2.61. The van der Waals surface area contributed by atoms with E-state index < -0.39 is 5.97 Å². The summed E-state index contributed by atoms with van der Waals surface area (Å²) >= 11 is 0. The van der Waals surface area contributed by atoms with Crippen LogP contribution in [0, 0.1) is 12.7 Å². The number of pyridine rings is 1. The van der Waals surface area contributed by atoms with Crippen LogP contribution in [0.5, 0.6) is 5.75 Å². The minimum absolute atomic E-state index is 0.0427. The number of aromatic nitrogens is 1. The third kappa shape index (κ3) is 3.70. The molecule has 0 radical (unpaired) electrons. The quantitative estimate of drug-likeness (QED) is 0.590. The van der Waals surface area contributed by atoms with Gasteiger partial charge in [0.05, 0.1) is 11.9 Å². The molecule has 28 heavy (non-hydrogen) atoms. The Morgan fingerprint density at radius 3 is 2.46 bits per heavy atom. The zero-order valence-electron chi connectivity index (χ0n) is 16.5. The van der Waals surface area contributed by atoms with E-state index in [1.54, 1.807) is 31.2 Å². The van der Waals surface area contributed by atoms with Gasteiger partial charge >= 0.3 is 5.97 Å². The highest BCUT2D eigenvalue weighted by molar-refractivity contribution is 5.97. The van der Waals surface area contributed by atoms with Crippen molar-refractivity contribution < 1.29 is 19.4 Å². The minimum atomic E-state index is -0.890. The van der Waals surface area contributed by atoms with Crippen LogP contribution in [-0.2, 0) is 4.79 Å². The van der Waals surface area contributed by atoms with E-state index >= 15 is 0 Å². The van der Waals surface area contributed by atoms with Crippen molar-refractivity contribution >= 4 is 16.9 Å². The maximum Gasteiger partial charge on any atom is 0.304 e. The summed E-state index contributed by atoms with van der Waals surface area (Å²) in [6, 6.07) is 9.98. The summed E-state index contributed by atoms with van der Waals surface area (Å²) in [4.78, 5) is 16.0. The first-order chi connectivity index (χ1) is 13.2. The lowest BCUT2D eigenvalue weighted by Gasteiger charge is -2.23. The monoisotopic (exact) mass is 381 g/mol. The maximum atomic E-state index is 13.9. The number of phenolic OH excluding ortho intramolecular Hbond substituents is 1. The maximum absolute atomic E-state index is 13.9. The lowest BCUT2D eigenvalue weighted by atomic mass is 9.84. The van der Waals surface area contributed by atoms with Crippen molar-refractivity contribution in [2.45, 2.75) is 46.0 Å². The second-order valence-corrected chi connectivity index (χ2v) is 7.60. The van der Waals surface area contributed by atoms with E-state index in [2.05, 4.69) is 0 Å². The number of aromatic hydroxyl groups is 1. The Labute approximate surface area is 163 Å². The van der Waals surface area contributed by atoms with Gasteiger partial charge in [0.1, 0.15) is 11.6 Å². The molecule has 0 amide bonds. The second-order valence-electron chi connectivity index (χ2n) is 7.60. The lowest BCUT2D eigenvalue weighted by Crippen LogP contribution is -2.11.